The molecule has 92 valence electrons. The molecule has 1 aromatic heterocycles. The summed E-state index contributed by atoms with van der Waals surface area (Å²) < 4.78 is 0. The number of nitrogens with one attached hydrogen (secondary N) is 1. The van der Waals surface area contributed by atoms with E-state index in [0.29, 0.717) is 12.8 Å². The second-order valence-electron chi connectivity index (χ2n) is 4.22. The molecule has 18 heavy (non-hydrogen) atoms. The maximum atomic E-state index is 11.8. The molecule has 2 rings (SSSR count). The Morgan fingerprint density at radius 3 is 2.78 bits per heavy atom. The number of hydrogen-bond donors (Lipinski definition) is 1. The molecule has 2 aromatic rings. The van der Waals surface area contributed by atoms with Crippen LogP contribution in [-0.4, -0.2) is 10.9 Å². The van der Waals surface area contributed by atoms with Crippen molar-refractivity contribution >= 4 is 11.6 Å². The molecular weight excluding hydrogens is 224 g/mol. The molecule has 0 aliphatic carbocycles. The summed E-state index contributed by atoms with van der Waals surface area (Å²) in [5, 5.41) is 2.92. The van der Waals surface area contributed by atoms with Crippen molar-refractivity contribution in [3.8, 4) is 0 Å². The second-order valence-corrected chi connectivity index (χ2v) is 4.22. The Labute approximate surface area is 107 Å². The van der Waals surface area contributed by atoms with Crippen LogP contribution in [0.15, 0.2) is 48.8 Å². The minimum atomic E-state index is 0.0353. The molecule has 0 bridgehead atoms. The van der Waals surface area contributed by atoms with Crippen LogP contribution in [-0.2, 0) is 11.2 Å². The van der Waals surface area contributed by atoms with E-state index in [1.165, 1.54) is 0 Å². The number of anilines is 1. The largest absolute Gasteiger partial charge is 0.326 e. The molecule has 1 amide bonds. The average molecular weight is 240 g/mol. The third-order valence-corrected chi connectivity index (χ3v) is 2.78. The van der Waals surface area contributed by atoms with E-state index >= 15 is 0 Å². The molecule has 0 aliphatic heterocycles. The first-order valence-corrected chi connectivity index (χ1v) is 6.00. The fourth-order valence-corrected chi connectivity index (χ4v) is 1.73. The van der Waals surface area contributed by atoms with Crippen LogP contribution in [0.4, 0.5) is 5.69 Å². The molecule has 3 nitrogen and oxygen atoms in total. The number of para-hydroxylation sites is 1. The van der Waals surface area contributed by atoms with Crippen LogP contribution in [0.25, 0.3) is 0 Å². The molecule has 0 spiro atoms. The van der Waals surface area contributed by atoms with Crippen LogP contribution >= 0.6 is 0 Å². The SMILES string of the molecule is Cc1ccccc1NC(=O)CCc1cccnc1. The number of pyridine rings is 1. The molecule has 0 unspecified atom stereocenters. The first-order chi connectivity index (χ1) is 8.75. The molecule has 3 heteroatoms. The highest BCUT2D eigenvalue weighted by atomic mass is 16.1. The number of nitrogens with zero attached hydrogens (tertiary/aromatic N) is 1. The van der Waals surface area contributed by atoms with E-state index in [0.717, 1.165) is 16.8 Å². The van der Waals surface area contributed by atoms with Gasteiger partial charge in [0.15, 0.2) is 0 Å². The summed E-state index contributed by atoms with van der Waals surface area (Å²) in [7, 11) is 0. The van der Waals surface area contributed by atoms with Gasteiger partial charge >= 0.3 is 0 Å². The molecule has 0 saturated carbocycles. The molecule has 0 atom stereocenters. The number of carbonyl (C=O) groups excluding carboxylic acids is 1. The van der Waals surface area contributed by atoms with Gasteiger partial charge in [0.2, 0.25) is 5.91 Å². The quantitative estimate of drug-likeness (QED) is 0.892. The maximum absolute atomic E-state index is 11.8. The lowest BCUT2D eigenvalue weighted by Gasteiger charge is -2.07. The van der Waals surface area contributed by atoms with Gasteiger partial charge in [0, 0.05) is 24.5 Å². The number of aryl methyl sites for hydroxylation is 2. The molecular formula is C15H16N2O. The van der Waals surface area contributed by atoms with Gasteiger partial charge in [-0.25, -0.2) is 0 Å². The Morgan fingerprint density at radius 1 is 1.22 bits per heavy atom. The van der Waals surface area contributed by atoms with Crippen molar-refractivity contribution in [2.75, 3.05) is 5.32 Å². The monoisotopic (exact) mass is 240 g/mol. The lowest BCUT2D eigenvalue weighted by atomic mass is 10.1. The van der Waals surface area contributed by atoms with E-state index in [2.05, 4.69) is 10.3 Å². The third kappa shape index (κ3) is 3.42. The molecule has 1 aromatic carbocycles. The summed E-state index contributed by atoms with van der Waals surface area (Å²) in [6, 6.07) is 11.6. The fraction of sp³-hybridized carbons (Fsp3) is 0.200. The lowest BCUT2D eigenvalue weighted by Crippen LogP contribution is -2.13. The summed E-state index contributed by atoms with van der Waals surface area (Å²) in [4.78, 5) is 15.8. The van der Waals surface area contributed by atoms with Gasteiger partial charge < -0.3 is 5.32 Å². The van der Waals surface area contributed by atoms with Gasteiger partial charge in [-0.3, -0.25) is 9.78 Å². The Bertz CT molecular complexity index is 523. The predicted molar refractivity (Wildman–Crippen MR) is 72.4 cm³/mol. The Kier molecular flexibility index (Phi) is 4.07. The van der Waals surface area contributed by atoms with Gasteiger partial charge in [0.25, 0.3) is 0 Å². The summed E-state index contributed by atoms with van der Waals surface area (Å²) in [6.07, 6.45) is 4.71. The van der Waals surface area contributed by atoms with Crippen molar-refractivity contribution in [3.05, 3.63) is 59.9 Å². The zero-order valence-corrected chi connectivity index (χ0v) is 10.4. The molecule has 0 aliphatic rings. The summed E-state index contributed by atoms with van der Waals surface area (Å²) >= 11 is 0. The van der Waals surface area contributed by atoms with Crippen LogP contribution in [0.2, 0.25) is 0 Å². The van der Waals surface area contributed by atoms with E-state index in [4.69, 9.17) is 0 Å². The predicted octanol–water partition coefficient (Wildman–Crippen LogP) is 2.96. The van der Waals surface area contributed by atoms with E-state index in [9.17, 15) is 4.79 Å². The van der Waals surface area contributed by atoms with E-state index in [-0.39, 0.29) is 5.91 Å². The summed E-state index contributed by atoms with van der Waals surface area (Å²) in [5.41, 5.74) is 3.04. The van der Waals surface area contributed by atoms with Gasteiger partial charge in [-0.1, -0.05) is 24.3 Å². The number of rotatable bonds is 4. The van der Waals surface area contributed by atoms with Crippen molar-refractivity contribution in [1.82, 2.24) is 4.98 Å². The highest BCUT2D eigenvalue weighted by molar-refractivity contribution is 5.91. The van der Waals surface area contributed by atoms with Crippen LogP contribution in [0.5, 0.6) is 0 Å². The normalized spacial score (nSPS) is 10.1. The molecule has 0 saturated heterocycles. The molecule has 1 N–H and O–H groups in total. The molecule has 1 heterocycles. The first kappa shape index (κ1) is 12.3. The average Bonchev–Trinajstić information content (AvgIpc) is 2.40. The molecule has 0 fully saturated rings. The Balaban J connectivity index is 1.88. The van der Waals surface area contributed by atoms with Gasteiger partial charge in [-0.15, -0.1) is 0 Å². The third-order valence-electron chi connectivity index (χ3n) is 2.78. The smallest absolute Gasteiger partial charge is 0.224 e. The highest BCUT2D eigenvalue weighted by Crippen LogP contribution is 2.13. The van der Waals surface area contributed by atoms with Crippen molar-refractivity contribution in [2.45, 2.75) is 19.8 Å². The first-order valence-electron chi connectivity index (χ1n) is 6.00. The summed E-state index contributed by atoms with van der Waals surface area (Å²) in [6.45, 7) is 1.98. The van der Waals surface area contributed by atoms with Gasteiger partial charge in [-0.2, -0.15) is 0 Å². The Hall–Kier alpha value is -2.16. The van der Waals surface area contributed by atoms with Gasteiger partial charge in [0.1, 0.15) is 0 Å². The van der Waals surface area contributed by atoms with Crippen molar-refractivity contribution in [1.29, 1.82) is 0 Å². The number of carbonyl (C=O) groups is 1. The van der Waals surface area contributed by atoms with E-state index < -0.39 is 0 Å². The number of benzene rings is 1. The van der Waals surface area contributed by atoms with Crippen molar-refractivity contribution in [2.24, 2.45) is 0 Å². The van der Waals surface area contributed by atoms with Crippen LogP contribution in [0, 0.1) is 6.92 Å². The van der Waals surface area contributed by atoms with Crippen molar-refractivity contribution < 1.29 is 4.79 Å². The zero-order valence-electron chi connectivity index (χ0n) is 10.4. The van der Waals surface area contributed by atoms with Gasteiger partial charge in [-0.05, 0) is 36.6 Å². The molecule has 0 radical (unpaired) electrons. The number of aromatic nitrogens is 1. The zero-order chi connectivity index (χ0) is 12.8. The van der Waals surface area contributed by atoms with Crippen molar-refractivity contribution in [3.63, 3.8) is 0 Å². The fourth-order valence-electron chi connectivity index (χ4n) is 1.73. The van der Waals surface area contributed by atoms with Crippen LogP contribution in [0.1, 0.15) is 17.5 Å². The minimum absolute atomic E-state index is 0.0353. The summed E-state index contributed by atoms with van der Waals surface area (Å²) in [5.74, 6) is 0.0353. The van der Waals surface area contributed by atoms with E-state index in [1.807, 2.05) is 43.3 Å². The Morgan fingerprint density at radius 2 is 2.06 bits per heavy atom. The second kappa shape index (κ2) is 5.96. The van der Waals surface area contributed by atoms with Gasteiger partial charge in [0.05, 0.1) is 0 Å². The minimum Gasteiger partial charge on any atom is -0.326 e. The van der Waals surface area contributed by atoms with Crippen LogP contribution in [0.3, 0.4) is 0 Å². The number of amides is 1. The topological polar surface area (TPSA) is 42.0 Å². The maximum Gasteiger partial charge on any atom is 0.224 e. The lowest BCUT2D eigenvalue weighted by molar-refractivity contribution is -0.116. The highest BCUT2D eigenvalue weighted by Gasteiger charge is 2.04. The standard InChI is InChI=1S/C15H16N2O/c1-12-5-2-3-7-14(12)17-15(18)9-8-13-6-4-10-16-11-13/h2-7,10-11H,8-9H2,1H3,(H,17,18). The van der Waals surface area contributed by atoms with E-state index in [1.54, 1.807) is 12.4 Å². The number of hydrogen-bond acceptors (Lipinski definition) is 2. The van der Waals surface area contributed by atoms with Crippen LogP contribution < -0.4 is 5.32 Å².